The van der Waals surface area contributed by atoms with Gasteiger partial charge in [-0.3, -0.25) is 0 Å². The molecule has 0 spiro atoms. The monoisotopic (exact) mass is 323 g/mol. The van der Waals surface area contributed by atoms with Gasteiger partial charge in [-0.15, -0.1) is 0 Å². The van der Waals surface area contributed by atoms with Gasteiger partial charge in [0.1, 0.15) is 0 Å². The molecule has 0 fully saturated rings. The van der Waals surface area contributed by atoms with Crippen LogP contribution in [0, 0.1) is 0 Å². The molecule has 0 aliphatic carbocycles. The normalized spacial score (nSPS) is 12.4. The summed E-state index contributed by atoms with van der Waals surface area (Å²) in [6.07, 6.45) is 0.941. The molecule has 0 amide bonds. The van der Waals surface area contributed by atoms with Gasteiger partial charge in [0.2, 0.25) is 0 Å². The second kappa shape index (κ2) is 7.81. The number of hydrogen-bond acceptors (Lipinski definition) is 2. The van der Waals surface area contributed by atoms with Gasteiger partial charge in [0, 0.05) is 22.6 Å². The van der Waals surface area contributed by atoms with Crippen LogP contribution in [0.4, 0.5) is 0 Å². The molecule has 2 aromatic carbocycles. The van der Waals surface area contributed by atoms with E-state index in [2.05, 4.69) is 12.2 Å². The molecule has 0 aromatic heterocycles. The third-order valence-electron chi connectivity index (χ3n) is 3.50. The number of halogens is 2. The van der Waals surface area contributed by atoms with Crippen molar-refractivity contribution in [2.24, 2.45) is 0 Å². The van der Waals surface area contributed by atoms with Gasteiger partial charge >= 0.3 is 0 Å². The summed E-state index contributed by atoms with van der Waals surface area (Å²) >= 11 is 12.2. The maximum atomic E-state index is 9.05. The van der Waals surface area contributed by atoms with Crippen molar-refractivity contribution < 1.29 is 5.11 Å². The molecule has 0 saturated carbocycles. The lowest BCUT2D eigenvalue weighted by atomic mass is 10.0. The molecule has 21 heavy (non-hydrogen) atoms. The molecular formula is C17H19Cl2NO. The van der Waals surface area contributed by atoms with Crippen LogP contribution in [0.1, 0.15) is 36.1 Å². The standard InChI is InChI=1S/C17H19Cl2NO/c1-2-17(15-8-7-14(18)9-16(15)19)20-10-12-3-5-13(11-21)6-4-12/h3-9,17,20-21H,2,10-11H2,1H3. The van der Waals surface area contributed by atoms with Crippen LogP contribution < -0.4 is 5.32 Å². The van der Waals surface area contributed by atoms with Crippen LogP contribution in [0.3, 0.4) is 0 Å². The lowest BCUT2D eigenvalue weighted by Crippen LogP contribution is -2.20. The molecule has 0 heterocycles. The third-order valence-corrected chi connectivity index (χ3v) is 4.07. The molecule has 0 bridgehead atoms. The predicted octanol–water partition coefficient (Wildman–Crippen LogP) is 4.73. The fourth-order valence-corrected chi connectivity index (χ4v) is 2.80. The predicted molar refractivity (Wildman–Crippen MR) is 88.7 cm³/mol. The van der Waals surface area contributed by atoms with E-state index < -0.39 is 0 Å². The zero-order valence-corrected chi connectivity index (χ0v) is 13.5. The van der Waals surface area contributed by atoms with Gasteiger partial charge in [0.25, 0.3) is 0 Å². The molecule has 0 aliphatic heterocycles. The van der Waals surface area contributed by atoms with Crippen molar-refractivity contribution in [3.63, 3.8) is 0 Å². The lowest BCUT2D eigenvalue weighted by Gasteiger charge is -2.19. The van der Waals surface area contributed by atoms with Gasteiger partial charge in [0.15, 0.2) is 0 Å². The molecule has 0 radical (unpaired) electrons. The Hall–Kier alpha value is -1.06. The van der Waals surface area contributed by atoms with Crippen molar-refractivity contribution in [1.82, 2.24) is 5.32 Å². The molecule has 2 rings (SSSR count). The first kappa shape index (κ1) is 16.3. The Bertz CT molecular complexity index is 584. The Kier molecular flexibility index (Phi) is 6.07. The number of aliphatic hydroxyl groups excluding tert-OH is 1. The third kappa shape index (κ3) is 4.45. The van der Waals surface area contributed by atoms with E-state index >= 15 is 0 Å². The number of nitrogens with one attached hydrogen (secondary N) is 1. The van der Waals surface area contributed by atoms with E-state index in [4.69, 9.17) is 28.3 Å². The Morgan fingerprint density at radius 1 is 1.05 bits per heavy atom. The summed E-state index contributed by atoms with van der Waals surface area (Å²) in [5, 5.41) is 13.9. The Balaban J connectivity index is 2.04. The summed E-state index contributed by atoms with van der Waals surface area (Å²) in [4.78, 5) is 0. The van der Waals surface area contributed by atoms with Crippen molar-refractivity contribution >= 4 is 23.2 Å². The molecule has 2 nitrogen and oxygen atoms in total. The maximum absolute atomic E-state index is 9.05. The average Bonchev–Trinajstić information content (AvgIpc) is 2.50. The van der Waals surface area contributed by atoms with Crippen molar-refractivity contribution in [1.29, 1.82) is 0 Å². The number of hydrogen-bond donors (Lipinski definition) is 2. The highest BCUT2D eigenvalue weighted by molar-refractivity contribution is 6.35. The fraction of sp³-hybridized carbons (Fsp3) is 0.294. The van der Waals surface area contributed by atoms with Gasteiger partial charge in [-0.25, -0.2) is 0 Å². The zero-order valence-electron chi connectivity index (χ0n) is 11.9. The highest BCUT2D eigenvalue weighted by atomic mass is 35.5. The van der Waals surface area contributed by atoms with Gasteiger partial charge in [-0.05, 0) is 35.2 Å². The second-order valence-corrected chi connectivity index (χ2v) is 5.83. The van der Waals surface area contributed by atoms with Crippen molar-refractivity contribution in [2.45, 2.75) is 32.5 Å². The highest BCUT2D eigenvalue weighted by Crippen LogP contribution is 2.28. The van der Waals surface area contributed by atoms with Crippen LogP contribution in [-0.2, 0) is 13.2 Å². The topological polar surface area (TPSA) is 32.3 Å². The number of rotatable bonds is 6. The van der Waals surface area contributed by atoms with E-state index in [1.165, 1.54) is 5.56 Å². The average molecular weight is 324 g/mol. The van der Waals surface area contributed by atoms with E-state index in [0.717, 1.165) is 24.1 Å². The van der Waals surface area contributed by atoms with Crippen molar-refractivity contribution in [3.8, 4) is 0 Å². The summed E-state index contributed by atoms with van der Waals surface area (Å²) in [5.41, 5.74) is 3.16. The van der Waals surface area contributed by atoms with Crippen LogP contribution >= 0.6 is 23.2 Å². The molecule has 2 aromatic rings. The Morgan fingerprint density at radius 2 is 1.71 bits per heavy atom. The first-order valence-electron chi connectivity index (χ1n) is 7.01. The van der Waals surface area contributed by atoms with E-state index in [1.54, 1.807) is 6.07 Å². The van der Waals surface area contributed by atoms with Crippen molar-refractivity contribution in [3.05, 3.63) is 69.2 Å². The van der Waals surface area contributed by atoms with E-state index in [0.29, 0.717) is 10.0 Å². The summed E-state index contributed by atoms with van der Waals surface area (Å²) < 4.78 is 0. The Labute approximate surface area is 135 Å². The number of benzene rings is 2. The second-order valence-electron chi connectivity index (χ2n) is 4.98. The maximum Gasteiger partial charge on any atom is 0.0681 e. The van der Waals surface area contributed by atoms with Crippen LogP contribution in [0.5, 0.6) is 0 Å². The fourth-order valence-electron chi connectivity index (χ4n) is 2.26. The van der Waals surface area contributed by atoms with Crippen LogP contribution in [0.2, 0.25) is 10.0 Å². The molecular weight excluding hydrogens is 305 g/mol. The minimum atomic E-state index is 0.0751. The quantitative estimate of drug-likeness (QED) is 0.805. The molecule has 1 atom stereocenters. The minimum absolute atomic E-state index is 0.0751. The van der Waals surface area contributed by atoms with Crippen LogP contribution in [-0.4, -0.2) is 5.11 Å². The summed E-state index contributed by atoms with van der Waals surface area (Å²) in [6.45, 7) is 2.95. The van der Waals surface area contributed by atoms with Gasteiger partial charge in [-0.2, -0.15) is 0 Å². The van der Waals surface area contributed by atoms with E-state index in [1.807, 2.05) is 36.4 Å². The molecule has 2 N–H and O–H groups in total. The summed E-state index contributed by atoms with van der Waals surface area (Å²) in [5.74, 6) is 0. The van der Waals surface area contributed by atoms with Crippen LogP contribution in [0.25, 0.3) is 0 Å². The van der Waals surface area contributed by atoms with Crippen molar-refractivity contribution in [2.75, 3.05) is 0 Å². The summed E-state index contributed by atoms with van der Waals surface area (Å²) in [7, 11) is 0. The SMILES string of the molecule is CCC(NCc1ccc(CO)cc1)c1ccc(Cl)cc1Cl. The Morgan fingerprint density at radius 3 is 2.29 bits per heavy atom. The number of aliphatic hydroxyl groups is 1. The zero-order chi connectivity index (χ0) is 15.2. The van der Waals surface area contributed by atoms with Gasteiger partial charge in [-0.1, -0.05) is 60.5 Å². The molecule has 1 unspecified atom stereocenters. The smallest absolute Gasteiger partial charge is 0.0681 e. The van der Waals surface area contributed by atoms with E-state index in [9.17, 15) is 0 Å². The van der Waals surface area contributed by atoms with Gasteiger partial charge < -0.3 is 10.4 Å². The van der Waals surface area contributed by atoms with Gasteiger partial charge in [0.05, 0.1) is 6.61 Å². The molecule has 0 saturated heterocycles. The largest absolute Gasteiger partial charge is 0.392 e. The first-order valence-corrected chi connectivity index (χ1v) is 7.76. The summed E-state index contributed by atoms with van der Waals surface area (Å²) in [6, 6.07) is 13.7. The lowest BCUT2D eigenvalue weighted by molar-refractivity contribution is 0.282. The molecule has 112 valence electrons. The van der Waals surface area contributed by atoms with E-state index in [-0.39, 0.29) is 12.6 Å². The minimum Gasteiger partial charge on any atom is -0.392 e. The molecule has 0 aliphatic rings. The highest BCUT2D eigenvalue weighted by Gasteiger charge is 2.12. The molecule has 4 heteroatoms. The van der Waals surface area contributed by atoms with Crippen LogP contribution in [0.15, 0.2) is 42.5 Å². The first-order chi connectivity index (χ1) is 10.1.